The normalized spacial score (nSPS) is 48.8. The molecule has 0 aromatic carbocycles. The summed E-state index contributed by atoms with van der Waals surface area (Å²) < 4.78 is 0. The summed E-state index contributed by atoms with van der Waals surface area (Å²) in [5.74, 6) is 5.53. The van der Waals surface area contributed by atoms with E-state index in [9.17, 15) is 10.1 Å². The Balaban J connectivity index is 1.54. The van der Waals surface area contributed by atoms with Crippen molar-refractivity contribution in [3.63, 3.8) is 0 Å². The lowest BCUT2D eigenvalue weighted by atomic mass is 9.47. The summed E-state index contributed by atoms with van der Waals surface area (Å²) in [6.45, 7) is 2.35. The first-order chi connectivity index (χ1) is 12.2. The van der Waals surface area contributed by atoms with Crippen LogP contribution in [0.2, 0.25) is 0 Å². The van der Waals surface area contributed by atoms with E-state index in [4.69, 9.17) is 0 Å². The molecule has 4 fully saturated rings. The summed E-state index contributed by atoms with van der Waals surface area (Å²) >= 11 is 0. The lowest BCUT2D eigenvalue weighted by Gasteiger charge is -2.57. The molecule has 0 N–H and O–H groups in total. The number of rotatable bonds is 2. The molecule has 5 aliphatic carbocycles. The zero-order chi connectivity index (χ0) is 17.2. The predicted octanol–water partition coefficient (Wildman–Crippen LogP) is 5.29. The van der Waals surface area contributed by atoms with E-state index >= 15 is 0 Å². The van der Waals surface area contributed by atoms with Crippen LogP contribution in [-0.4, -0.2) is 5.78 Å². The van der Waals surface area contributed by atoms with Gasteiger partial charge in [0.25, 0.3) is 0 Å². The maximum Gasteiger partial charge on any atom is 0.155 e. The summed E-state index contributed by atoms with van der Waals surface area (Å²) in [5, 5.41) is 9.80. The van der Waals surface area contributed by atoms with Gasteiger partial charge in [-0.3, -0.25) is 4.79 Å². The van der Waals surface area contributed by atoms with Crippen molar-refractivity contribution in [3.05, 3.63) is 11.6 Å². The molecule has 5 aliphatic rings. The van der Waals surface area contributed by atoms with E-state index in [1.165, 1.54) is 50.5 Å². The van der Waals surface area contributed by atoms with Crippen LogP contribution < -0.4 is 0 Å². The summed E-state index contributed by atoms with van der Waals surface area (Å²) in [7, 11) is 0. The number of fused-ring (bicyclic) bond motifs is 5. The van der Waals surface area contributed by atoms with Gasteiger partial charge in [-0.15, -0.1) is 0 Å². The fourth-order valence-electron chi connectivity index (χ4n) is 7.99. The van der Waals surface area contributed by atoms with Crippen molar-refractivity contribution in [2.24, 2.45) is 46.8 Å². The van der Waals surface area contributed by atoms with E-state index in [1.807, 2.05) is 6.08 Å². The van der Waals surface area contributed by atoms with Gasteiger partial charge in [0.2, 0.25) is 0 Å². The molecule has 0 amide bonds. The smallest absolute Gasteiger partial charge is 0.155 e. The first-order valence-electron chi connectivity index (χ1n) is 10.8. The fourth-order valence-corrected chi connectivity index (χ4v) is 7.99. The second-order valence-corrected chi connectivity index (χ2v) is 9.77. The molecule has 0 bridgehead atoms. The quantitative estimate of drug-likeness (QED) is 0.686. The number of nitrogens with zero attached hydrogens (tertiary/aromatic N) is 1. The van der Waals surface area contributed by atoms with E-state index in [-0.39, 0.29) is 0 Å². The molecule has 25 heavy (non-hydrogen) atoms. The molecule has 134 valence electrons. The van der Waals surface area contributed by atoms with Crippen molar-refractivity contribution in [3.8, 4) is 6.07 Å². The fraction of sp³-hybridized carbons (Fsp3) is 0.826. The monoisotopic (exact) mass is 337 g/mol. The van der Waals surface area contributed by atoms with Crippen LogP contribution in [0.4, 0.5) is 0 Å². The van der Waals surface area contributed by atoms with Gasteiger partial charge < -0.3 is 0 Å². The zero-order valence-corrected chi connectivity index (χ0v) is 15.5. The maximum atomic E-state index is 12.0. The van der Waals surface area contributed by atoms with Gasteiger partial charge in [-0.2, -0.15) is 5.26 Å². The Morgan fingerprint density at radius 3 is 2.72 bits per heavy atom. The van der Waals surface area contributed by atoms with Crippen LogP contribution in [0.15, 0.2) is 11.6 Å². The van der Waals surface area contributed by atoms with Crippen LogP contribution in [0.5, 0.6) is 0 Å². The van der Waals surface area contributed by atoms with Crippen LogP contribution in [0.25, 0.3) is 0 Å². The Morgan fingerprint density at radius 1 is 1.16 bits per heavy atom. The molecule has 0 aliphatic heterocycles. The second-order valence-electron chi connectivity index (χ2n) is 9.77. The van der Waals surface area contributed by atoms with Crippen molar-refractivity contribution < 1.29 is 4.79 Å². The standard InChI is InChI=1S/C23H31NO/c1-2-23-10-9-19-18-7-6-17(25)11-15(18)12-20(14-3-4-14)22(19)21(23)8-5-16(23)13-24/h11,14,16,18-22H,2-10,12H2,1H3/t16?,18-,19+,20+,21-,22-,23+/m0/s1. The number of carbonyl (C=O) groups excluding carboxylic acids is 1. The van der Waals surface area contributed by atoms with E-state index in [2.05, 4.69) is 13.0 Å². The highest BCUT2D eigenvalue weighted by Gasteiger charge is 2.61. The minimum atomic E-state index is 0.299. The molecule has 0 radical (unpaired) electrons. The molecular formula is C23H31NO. The highest BCUT2D eigenvalue weighted by molar-refractivity contribution is 5.91. The predicted molar refractivity (Wildman–Crippen MR) is 97.4 cm³/mol. The largest absolute Gasteiger partial charge is 0.295 e. The molecule has 1 unspecified atom stereocenters. The third kappa shape index (κ3) is 2.23. The van der Waals surface area contributed by atoms with E-state index in [0.29, 0.717) is 23.0 Å². The molecule has 0 heterocycles. The Hall–Kier alpha value is -1.10. The molecule has 4 saturated carbocycles. The van der Waals surface area contributed by atoms with E-state index < -0.39 is 0 Å². The van der Waals surface area contributed by atoms with Crippen molar-refractivity contribution in [1.29, 1.82) is 5.26 Å². The molecule has 0 aromatic rings. The van der Waals surface area contributed by atoms with Crippen molar-refractivity contribution in [1.82, 2.24) is 0 Å². The minimum absolute atomic E-state index is 0.299. The van der Waals surface area contributed by atoms with Crippen LogP contribution in [0, 0.1) is 58.2 Å². The summed E-state index contributed by atoms with van der Waals surface area (Å²) in [4.78, 5) is 12.0. The molecule has 0 saturated heterocycles. The molecule has 5 rings (SSSR count). The van der Waals surface area contributed by atoms with Gasteiger partial charge in [0.05, 0.1) is 12.0 Å². The van der Waals surface area contributed by atoms with Gasteiger partial charge in [0.1, 0.15) is 0 Å². The maximum absolute atomic E-state index is 12.0. The Kier molecular flexibility index (Phi) is 3.67. The van der Waals surface area contributed by atoms with Crippen molar-refractivity contribution in [2.75, 3.05) is 0 Å². The number of allylic oxidation sites excluding steroid dienone is 1. The number of hydrogen-bond acceptors (Lipinski definition) is 2. The summed E-state index contributed by atoms with van der Waals surface area (Å²) in [5.41, 5.74) is 1.84. The van der Waals surface area contributed by atoms with Crippen molar-refractivity contribution >= 4 is 5.78 Å². The number of ketones is 1. The Bertz CT molecular complexity index is 653. The van der Waals surface area contributed by atoms with E-state index in [1.54, 1.807) is 0 Å². The third-order valence-corrected chi connectivity index (χ3v) is 9.15. The molecule has 0 spiro atoms. The first-order valence-corrected chi connectivity index (χ1v) is 10.8. The highest BCUT2D eigenvalue weighted by atomic mass is 16.1. The summed E-state index contributed by atoms with van der Waals surface area (Å²) in [6.07, 6.45) is 14.2. The lowest BCUT2D eigenvalue weighted by molar-refractivity contribution is -0.116. The first kappa shape index (κ1) is 16.1. The average Bonchev–Trinajstić information content (AvgIpc) is 3.40. The average molecular weight is 338 g/mol. The molecular weight excluding hydrogens is 306 g/mol. The van der Waals surface area contributed by atoms with Crippen LogP contribution in [0.1, 0.15) is 71.1 Å². The number of nitriles is 1. The van der Waals surface area contributed by atoms with Gasteiger partial charge in [-0.05, 0) is 105 Å². The second kappa shape index (κ2) is 5.70. The Morgan fingerprint density at radius 2 is 2.00 bits per heavy atom. The lowest BCUT2D eigenvalue weighted by Crippen LogP contribution is -2.51. The van der Waals surface area contributed by atoms with Crippen LogP contribution in [0.3, 0.4) is 0 Å². The summed E-state index contributed by atoms with van der Waals surface area (Å²) in [6, 6.07) is 2.72. The molecule has 2 nitrogen and oxygen atoms in total. The number of hydrogen-bond donors (Lipinski definition) is 0. The van der Waals surface area contributed by atoms with E-state index in [0.717, 1.165) is 48.9 Å². The molecule has 7 atom stereocenters. The van der Waals surface area contributed by atoms with Gasteiger partial charge in [-0.25, -0.2) is 0 Å². The van der Waals surface area contributed by atoms with Crippen LogP contribution >= 0.6 is 0 Å². The third-order valence-electron chi connectivity index (χ3n) is 9.15. The van der Waals surface area contributed by atoms with Crippen molar-refractivity contribution in [2.45, 2.75) is 71.1 Å². The Labute approximate surface area is 152 Å². The SMILES string of the molecule is CC[C@]12CC[C@H]3[C@@H]([C@@H](C4CC4)CC4=CC(=O)CC[C@@H]43)[C@@H]1CCC2C#N. The van der Waals surface area contributed by atoms with Gasteiger partial charge in [0.15, 0.2) is 5.78 Å². The number of carbonyl (C=O) groups is 1. The van der Waals surface area contributed by atoms with Gasteiger partial charge in [-0.1, -0.05) is 12.5 Å². The van der Waals surface area contributed by atoms with Crippen LogP contribution in [-0.2, 0) is 4.79 Å². The van der Waals surface area contributed by atoms with Gasteiger partial charge in [0, 0.05) is 6.42 Å². The molecule has 0 aromatic heterocycles. The zero-order valence-electron chi connectivity index (χ0n) is 15.5. The van der Waals surface area contributed by atoms with Gasteiger partial charge >= 0.3 is 0 Å². The minimum Gasteiger partial charge on any atom is -0.295 e. The topological polar surface area (TPSA) is 40.9 Å². The molecule has 2 heteroatoms. The highest BCUT2D eigenvalue weighted by Crippen LogP contribution is 2.68.